The van der Waals surface area contributed by atoms with Gasteiger partial charge >= 0.3 is 11.9 Å². The van der Waals surface area contributed by atoms with Crippen LogP contribution in [0.15, 0.2) is 23.3 Å². The van der Waals surface area contributed by atoms with Crippen LogP contribution in [0.5, 0.6) is 0 Å². The van der Waals surface area contributed by atoms with Crippen LogP contribution < -0.4 is 0 Å². The zero-order valence-electron chi connectivity index (χ0n) is 9.33. The van der Waals surface area contributed by atoms with E-state index in [1.807, 2.05) is 12.2 Å². The maximum absolute atomic E-state index is 11.8. The van der Waals surface area contributed by atoms with Crippen molar-refractivity contribution in [2.24, 2.45) is 23.7 Å². The molecular weight excluding hydrogens is 240 g/mol. The van der Waals surface area contributed by atoms with E-state index in [0.29, 0.717) is 12.2 Å². The van der Waals surface area contributed by atoms with Crippen LogP contribution in [0.1, 0.15) is 0 Å². The van der Waals surface area contributed by atoms with Crippen molar-refractivity contribution in [3.63, 3.8) is 0 Å². The molecule has 2 aliphatic heterocycles. The van der Waals surface area contributed by atoms with Crippen LogP contribution in [-0.2, 0) is 29.1 Å². The van der Waals surface area contributed by atoms with Crippen molar-refractivity contribution in [1.82, 2.24) is 0 Å². The Morgan fingerprint density at radius 1 is 1.06 bits per heavy atom. The van der Waals surface area contributed by atoms with Gasteiger partial charge in [0.05, 0.1) is 12.5 Å². The molecule has 4 atom stereocenters. The summed E-state index contributed by atoms with van der Waals surface area (Å²) < 4.78 is 0. The fourth-order valence-corrected chi connectivity index (χ4v) is 3.42. The molecule has 1 saturated heterocycles. The molecule has 0 aromatic heterocycles. The molecule has 4 unspecified atom stereocenters. The number of carbonyl (C=O) groups is 2. The van der Waals surface area contributed by atoms with Crippen LogP contribution in [0.25, 0.3) is 0 Å². The molecule has 94 valence electrons. The third kappa shape index (κ3) is 1.14. The predicted molar refractivity (Wildman–Crippen MR) is 54.2 cm³/mol. The Balaban J connectivity index is 1.85. The van der Waals surface area contributed by atoms with E-state index in [-0.39, 0.29) is 36.2 Å². The Bertz CT molecular complexity index is 505. The van der Waals surface area contributed by atoms with E-state index in [4.69, 9.17) is 9.78 Å². The highest BCUT2D eigenvalue weighted by atomic mass is 17.2. The zero-order chi connectivity index (χ0) is 12.3. The van der Waals surface area contributed by atoms with Crippen molar-refractivity contribution < 1.29 is 29.1 Å². The highest BCUT2D eigenvalue weighted by Gasteiger charge is 2.54. The molecule has 0 saturated carbocycles. The summed E-state index contributed by atoms with van der Waals surface area (Å²) in [7, 11) is 0. The molecule has 1 fully saturated rings. The van der Waals surface area contributed by atoms with Crippen molar-refractivity contribution in [2.75, 3.05) is 13.2 Å². The Morgan fingerprint density at radius 2 is 1.89 bits per heavy atom. The van der Waals surface area contributed by atoms with Crippen molar-refractivity contribution in [3.8, 4) is 0 Å². The van der Waals surface area contributed by atoms with Crippen LogP contribution in [0, 0.1) is 23.7 Å². The first-order chi connectivity index (χ1) is 8.77. The summed E-state index contributed by atoms with van der Waals surface area (Å²) in [5, 5.41) is 0. The summed E-state index contributed by atoms with van der Waals surface area (Å²) in [5.74, 6) is -1.42. The summed E-state index contributed by atoms with van der Waals surface area (Å²) >= 11 is 0. The summed E-state index contributed by atoms with van der Waals surface area (Å²) in [4.78, 5) is 42.5. The van der Waals surface area contributed by atoms with E-state index in [9.17, 15) is 9.59 Å². The lowest BCUT2D eigenvalue weighted by molar-refractivity contribution is -0.310. The molecule has 3 aliphatic carbocycles. The molecular formula is C12H10O6. The van der Waals surface area contributed by atoms with Crippen molar-refractivity contribution in [2.45, 2.75) is 0 Å². The van der Waals surface area contributed by atoms with Crippen LogP contribution in [0.4, 0.5) is 0 Å². The smallest absolute Gasteiger partial charge is 0.298 e. The number of hydrogen-bond donors (Lipinski definition) is 0. The van der Waals surface area contributed by atoms with Gasteiger partial charge in [0.2, 0.25) is 0 Å². The minimum absolute atomic E-state index is 0.0503. The molecule has 0 radical (unpaired) electrons. The van der Waals surface area contributed by atoms with E-state index >= 15 is 0 Å². The first-order valence-corrected chi connectivity index (χ1v) is 5.86. The second-order valence-electron chi connectivity index (χ2n) is 4.88. The molecule has 2 bridgehead atoms. The summed E-state index contributed by atoms with van der Waals surface area (Å²) in [6.07, 6.45) is 3.92. The van der Waals surface area contributed by atoms with Crippen LogP contribution in [0.3, 0.4) is 0 Å². The lowest BCUT2D eigenvalue weighted by atomic mass is 9.59. The molecule has 0 amide bonds. The highest BCUT2D eigenvalue weighted by molar-refractivity contribution is 5.92. The summed E-state index contributed by atoms with van der Waals surface area (Å²) in [6, 6.07) is 0. The van der Waals surface area contributed by atoms with Gasteiger partial charge in [-0.1, -0.05) is 12.2 Å². The van der Waals surface area contributed by atoms with Gasteiger partial charge in [-0.25, -0.2) is 9.59 Å². The number of carbonyl (C=O) groups excluding carboxylic acids is 2. The van der Waals surface area contributed by atoms with Crippen molar-refractivity contribution in [3.05, 3.63) is 23.3 Å². The molecule has 2 heterocycles. The van der Waals surface area contributed by atoms with Gasteiger partial charge in [-0.2, -0.15) is 9.78 Å². The second kappa shape index (κ2) is 3.43. The number of hydrogen-bond acceptors (Lipinski definition) is 6. The topological polar surface area (TPSA) is 71.1 Å². The van der Waals surface area contributed by atoms with E-state index in [0.717, 1.165) is 5.57 Å². The van der Waals surface area contributed by atoms with E-state index in [2.05, 4.69) is 9.78 Å². The van der Waals surface area contributed by atoms with E-state index in [1.54, 1.807) is 0 Å². The third-order valence-electron chi connectivity index (χ3n) is 4.16. The molecule has 6 nitrogen and oxygen atoms in total. The molecule has 0 aromatic carbocycles. The zero-order valence-corrected chi connectivity index (χ0v) is 9.33. The molecule has 6 heteroatoms. The minimum atomic E-state index is -0.451. The fourth-order valence-electron chi connectivity index (χ4n) is 3.42. The van der Waals surface area contributed by atoms with Gasteiger partial charge in [-0.05, 0) is 5.57 Å². The first-order valence-electron chi connectivity index (χ1n) is 5.86. The average molecular weight is 250 g/mol. The van der Waals surface area contributed by atoms with Gasteiger partial charge in [0.1, 0.15) is 6.61 Å². The van der Waals surface area contributed by atoms with Crippen molar-refractivity contribution >= 4 is 11.9 Å². The van der Waals surface area contributed by atoms with Gasteiger partial charge in [0.25, 0.3) is 0 Å². The lowest BCUT2D eigenvalue weighted by Crippen LogP contribution is -2.51. The highest BCUT2D eigenvalue weighted by Crippen LogP contribution is 2.51. The Labute approximate surface area is 102 Å². The van der Waals surface area contributed by atoms with E-state index in [1.165, 1.54) is 0 Å². The van der Waals surface area contributed by atoms with Crippen LogP contribution in [0.2, 0.25) is 0 Å². The standard InChI is InChI=1S/C12H10O6/c13-11-9-5-1-2-6(8(9)4-16-17-11)10-7(5)3-15-18-12(10)14/h1-2,5-7,10H,3-4H2. The van der Waals surface area contributed by atoms with Gasteiger partial charge < -0.3 is 0 Å². The molecule has 0 N–H and O–H groups in total. The Hall–Kier alpha value is -1.66. The van der Waals surface area contributed by atoms with Crippen LogP contribution in [-0.4, -0.2) is 25.2 Å². The molecule has 0 spiro atoms. The maximum Gasteiger partial charge on any atom is 0.369 e. The fraction of sp³-hybridized carbons (Fsp3) is 0.500. The average Bonchev–Trinajstić information content (AvgIpc) is 2.40. The molecule has 5 aliphatic rings. The Morgan fingerprint density at radius 3 is 2.78 bits per heavy atom. The summed E-state index contributed by atoms with van der Waals surface area (Å²) in [6.45, 7) is 0.538. The van der Waals surface area contributed by atoms with Crippen molar-refractivity contribution in [1.29, 1.82) is 0 Å². The molecule has 0 aromatic rings. The minimum Gasteiger partial charge on any atom is -0.298 e. The van der Waals surface area contributed by atoms with Gasteiger partial charge in [0, 0.05) is 23.3 Å². The number of rotatable bonds is 0. The number of allylic oxidation sites excluding steroid dienone is 2. The normalized spacial score (nSPS) is 41.1. The predicted octanol–water partition coefficient (Wildman–Crippen LogP) is 0.308. The Kier molecular flexibility index (Phi) is 1.96. The lowest BCUT2D eigenvalue weighted by Gasteiger charge is -2.47. The van der Waals surface area contributed by atoms with Crippen LogP contribution >= 0.6 is 0 Å². The maximum atomic E-state index is 11.8. The van der Waals surface area contributed by atoms with Gasteiger partial charge in [0.15, 0.2) is 0 Å². The molecule has 5 rings (SSSR count). The summed E-state index contributed by atoms with van der Waals surface area (Å²) in [5.41, 5.74) is 1.48. The third-order valence-corrected chi connectivity index (χ3v) is 4.16. The van der Waals surface area contributed by atoms with E-state index < -0.39 is 5.97 Å². The van der Waals surface area contributed by atoms with Gasteiger partial charge in [-0.3, -0.25) is 9.78 Å². The second-order valence-corrected chi connectivity index (χ2v) is 4.88. The largest absolute Gasteiger partial charge is 0.369 e. The SMILES string of the molecule is O=C1OOCC2=C1C1C=CC2C2C(=O)OOCC12. The quantitative estimate of drug-likeness (QED) is 0.455. The monoisotopic (exact) mass is 250 g/mol. The first kappa shape index (κ1) is 10.3. The van der Waals surface area contributed by atoms with Gasteiger partial charge in [-0.15, -0.1) is 0 Å². The molecule has 18 heavy (non-hydrogen) atoms.